The predicted molar refractivity (Wildman–Crippen MR) is 107 cm³/mol. The molecular formula is C19H20BrClN2O4. The summed E-state index contributed by atoms with van der Waals surface area (Å²) in [5.41, 5.74) is 5.55. The van der Waals surface area contributed by atoms with Gasteiger partial charge in [0.25, 0.3) is 11.8 Å². The number of carbonyl (C=O) groups excluding carboxylic acids is 2. The molecule has 0 radical (unpaired) electrons. The van der Waals surface area contributed by atoms with Gasteiger partial charge in [-0.2, -0.15) is 0 Å². The van der Waals surface area contributed by atoms with Crippen molar-refractivity contribution in [3.8, 4) is 11.5 Å². The lowest BCUT2D eigenvalue weighted by Gasteiger charge is -2.14. The van der Waals surface area contributed by atoms with Crippen LogP contribution in [-0.2, 0) is 9.59 Å². The zero-order valence-corrected chi connectivity index (χ0v) is 17.3. The fourth-order valence-corrected chi connectivity index (χ4v) is 2.91. The van der Waals surface area contributed by atoms with Crippen molar-refractivity contribution < 1.29 is 19.1 Å². The number of carbonyl (C=O) groups is 2. The number of hydrogen-bond donors (Lipinski definition) is 2. The number of halogens is 2. The van der Waals surface area contributed by atoms with E-state index in [4.69, 9.17) is 21.1 Å². The van der Waals surface area contributed by atoms with Gasteiger partial charge in [0.15, 0.2) is 13.2 Å². The third-order valence-corrected chi connectivity index (χ3v) is 4.28. The Balaban J connectivity index is 1.74. The molecule has 2 N–H and O–H groups in total. The Bertz CT molecular complexity index is 814. The molecule has 0 aromatic heterocycles. The van der Waals surface area contributed by atoms with Crippen molar-refractivity contribution in [1.29, 1.82) is 0 Å². The van der Waals surface area contributed by atoms with Crippen LogP contribution >= 0.6 is 27.5 Å². The normalized spacial score (nSPS) is 10.4. The number of para-hydroxylation sites is 1. The highest BCUT2D eigenvalue weighted by atomic mass is 79.9. The summed E-state index contributed by atoms with van der Waals surface area (Å²) in [6.07, 6.45) is 0. The minimum absolute atomic E-state index is 0.219. The average Bonchev–Trinajstić information content (AvgIpc) is 2.64. The molecule has 2 amide bonds. The van der Waals surface area contributed by atoms with Gasteiger partial charge in [0.2, 0.25) is 0 Å². The van der Waals surface area contributed by atoms with Gasteiger partial charge in [-0.25, -0.2) is 0 Å². The van der Waals surface area contributed by atoms with Gasteiger partial charge in [-0.1, -0.05) is 59.6 Å². The standard InChI is InChI=1S/C19H20BrClN2O4/c1-12(2)14-5-3-4-6-16(14)26-10-18(24)22-23-19(25)11-27-17-8-7-13(20)9-15(17)21/h3-9,12H,10-11H2,1-2H3,(H,22,24)(H,23,25). The molecule has 27 heavy (non-hydrogen) atoms. The Kier molecular flexibility index (Phi) is 7.94. The molecule has 0 spiro atoms. The second-order valence-electron chi connectivity index (χ2n) is 5.94. The van der Waals surface area contributed by atoms with Crippen molar-refractivity contribution >= 4 is 39.3 Å². The van der Waals surface area contributed by atoms with Gasteiger partial charge in [0.05, 0.1) is 5.02 Å². The summed E-state index contributed by atoms with van der Waals surface area (Å²) in [5.74, 6) is 0.275. The summed E-state index contributed by atoms with van der Waals surface area (Å²) in [6.45, 7) is 3.57. The highest BCUT2D eigenvalue weighted by molar-refractivity contribution is 9.10. The van der Waals surface area contributed by atoms with Crippen LogP contribution in [0.3, 0.4) is 0 Å². The van der Waals surface area contributed by atoms with Crippen molar-refractivity contribution in [2.45, 2.75) is 19.8 Å². The van der Waals surface area contributed by atoms with Gasteiger partial charge in [-0.15, -0.1) is 0 Å². The number of rotatable bonds is 7. The van der Waals surface area contributed by atoms with Crippen molar-refractivity contribution in [2.75, 3.05) is 13.2 Å². The Morgan fingerprint density at radius 3 is 2.19 bits per heavy atom. The number of benzene rings is 2. The SMILES string of the molecule is CC(C)c1ccccc1OCC(=O)NNC(=O)COc1ccc(Br)cc1Cl. The molecule has 8 heteroatoms. The molecule has 2 aromatic carbocycles. The second-order valence-corrected chi connectivity index (χ2v) is 7.26. The molecule has 0 atom stereocenters. The molecule has 2 rings (SSSR count). The van der Waals surface area contributed by atoms with Crippen molar-refractivity contribution in [1.82, 2.24) is 10.9 Å². The maximum absolute atomic E-state index is 11.8. The number of amides is 2. The summed E-state index contributed by atoms with van der Waals surface area (Å²) in [6, 6.07) is 12.5. The Labute approximate surface area is 171 Å². The van der Waals surface area contributed by atoms with Gasteiger partial charge < -0.3 is 9.47 Å². The molecule has 0 saturated carbocycles. The molecule has 0 heterocycles. The minimum Gasteiger partial charge on any atom is -0.483 e. The predicted octanol–water partition coefficient (Wildman–Crippen LogP) is 3.83. The molecule has 0 saturated heterocycles. The van der Waals surface area contributed by atoms with Gasteiger partial charge in [0.1, 0.15) is 11.5 Å². The number of hydrogen-bond acceptors (Lipinski definition) is 4. The van der Waals surface area contributed by atoms with Gasteiger partial charge in [-0.3, -0.25) is 20.4 Å². The van der Waals surface area contributed by atoms with Crippen LogP contribution in [-0.4, -0.2) is 25.0 Å². The van der Waals surface area contributed by atoms with Crippen LogP contribution in [0, 0.1) is 0 Å². The smallest absolute Gasteiger partial charge is 0.276 e. The lowest BCUT2D eigenvalue weighted by molar-refractivity contribution is -0.131. The van der Waals surface area contributed by atoms with E-state index < -0.39 is 11.8 Å². The van der Waals surface area contributed by atoms with Crippen LogP contribution in [0.25, 0.3) is 0 Å². The maximum atomic E-state index is 11.8. The number of ether oxygens (including phenoxy) is 2. The summed E-state index contributed by atoms with van der Waals surface area (Å²) in [4.78, 5) is 23.6. The highest BCUT2D eigenvalue weighted by Crippen LogP contribution is 2.27. The lowest BCUT2D eigenvalue weighted by atomic mass is 10.0. The Hall–Kier alpha value is -2.25. The minimum atomic E-state index is -0.523. The third kappa shape index (κ3) is 6.77. The van der Waals surface area contributed by atoms with Crippen LogP contribution in [0.1, 0.15) is 25.3 Å². The fraction of sp³-hybridized carbons (Fsp3) is 0.263. The molecule has 0 aliphatic heterocycles. The molecule has 144 valence electrons. The summed E-state index contributed by atoms with van der Waals surface area (Å²) >= 11 is 9.28. The topological polar surface area (TPSA) is 76.7 Å². The number of hydrazine groups is 1. The van der Waals surface area contributed by atoms with E-state index >= 15 is 0 Å². The van der Waals surface area contributed by atoms with Crippen molar-refractivity contribution in [3.05, 3.63) is 57.5 Å². The monoisotopic (exact) mass is 454 g/mol. The van der Waals surface area contributed by atoms with Crippen molar-refractivity contribution in [3.63, 3.8) is 0 Å². The fourth-order valence-electron chi connectivity index (χ4n) is 2.18. The van der Waals surface area contributed by atoms with Crippen molar-refractivity contribution in [2.24, 2.45) is 0 Å². The van der Waals surface area contributed by atoms with Crippen LogP contribution in [0.2, 0.25) is 5.02 Å². The van der Waals surface area contributed by atoms with E-state index in [1.165, 1.54) is 0 Å². The molecule has 0 aliphatic carbocycles. The first-order chi connectivity index (χ1) is 12.9. The van der Waals surface area contributed by atoms with E-state index in [9.17, 15) is 9.59 Å². The van der Waals surface area contributed by atoms with E-state index in [2.05, 4.69) is 26.8 Å². The van der Waals surface area contributed by atoms with Crippen LogP contribution in [0.5, 0.6) is 11.5 Å². The number of nitrogens with one attached hydrogen (secondary N) is 2. The third-order valence-electron chi connectivity index (χ3n) is 3.49. The summed E-state index contributed by atoms with van der Waals surface area (Å²) < 4.78 is 11.6. The molecule has 0 unspecified atom stereocenters. The lowest BCUT2D eigenvalue weighted by Crippen LogP contribution is -2.45. The molecule has 6 nitrogen and oxygen atoms in total. The first-order valence-electron chi connectivity index (χ1n) is 8.24. The average molecular weight is 456 g/mol. The van der Waals surface area contributed by atoms with E-state index in [0.29, 0.717) is 16.5 Å². The van der Waals surface area contributed by atoms with E-state index in [-0.39, 0.29) is 19.1 Å². The zero-order valence-electron chi connectivity index (χ0n) is 14.9. The quantitative estimate of drug-likeness (QED) is 0.622. The van der Waals surface area contributed by atoms with E-state index in [1.807, 2.05) is 32.0 Å². The summed E-state index contributed by atoms with van der Waals surface area (Å²) in [7, 11) is 0. The van der Waals surface area contributed by atoms with Gasteiger partial charge >= 0.3 is 0 Å². The van der Waals surface area contributed by atoms with Crippen LogP contribution < -0.4 is 20.3 Å². The zero-order chi connectivity index (χ0) is 19.8. The largest absolute Gasteiger partial charge is 0.483 e. The first-order valence-corrected chi connectivity index (χ1v) is 9.41. The molecule has 0 fully saturated rings. The second kappa shape index (κ2) is 10.2. The molecule has 0 bridgehead atoms. The molecular weight excluding hydrogens is 436 g/mol. The molecule has 2 aromatic rings. The van der Waals surface area contributed by atoms with Gasteiger partial charge in [-0.05, 0) is 35.7 Å². The molecule has 0 aliphatic rings. The van der Waals surface area contributed by atoms with E-state index in [1.54, 1.807) is 24.3 Å². The summed E-state index contributed by atoms with van der Waals surface area (Å²) in [5, 5.41) is 0.374. The Morgan fingerprint density at radius 1 is 1.00 bits per heavy atom. The first kappa shape index (κ1) is 21.1. The highest BCUT2D eigenvalue weighted by Gasteiger charge is 2.11. The van der Waals surface area contributed by atoms with E-state index in [0.717, 1.165) is 10.0 Å². The van der Waals surface area contributed by atoms with Gasteiger partial charge in [0, 0.05) is 4.47 Å². The maximum Gasteiger partial charge on any atom is 0.276 e. The van der Waals surface area contributed by atoms with Crippen LogP contribution in [0.4, 0.5) is 0 Å². The Morgan fingerprint density at radius 2 is 1.59 bits per heavy atom. The van der Waals surface area contributed by atoms with Crippen LogP contribution in [0.15, 0.2) is 46.9 Å².